The average molecular weight is 329 g/mol. The summed E-state index contributed by atoms with van der Waals surface area (Å²) in [6, 6.07) is 13.1. The summed E-state index contributed by atoms with van der Waals surface area (Å²) < 4.78 is 1.03. The fourth-order valence-corrected chi connectivity index (χ4v) is 2.00. The van der Waals surface area contributed by atoms with Gasteiger partial charge in [0.05, 0.1) is 10.7 Å². The summed E-state index contributed by atoms with van der Waals surface area (Å²) in [5.41, 5.74) is 1.72. The smallest absolute Gasteiger partial charge is 0.0630 e. The summed E-state index contributed by atoms with van der Waals surface area (Å²) >= 11 is 15.2. The Morgan fingerprint density at radius 2 is 1.71 bits per heavy atom. The van der Waals surface area contributed by atoms with Gasteiger partial charge in [0.2, 0.25) is 0 Å². The lowest BCUT2D eigenvalue weighted by atomic mass is 10.2. The van der Waals surface area contributed by atoms with Crippen LogP contribution in [-0.2, 0) is 0 Å². The van der Waals surface area contributed by atoms with Crippen molar-refractivity contribution < 1.29 is 0 Å². The van der Waals surface area contributed by atoms with Gasteiger partial charge in [0.1, 0.15) is 0 Å². The summed E-state index contributed by atoms with van der Waals surface area (Å²) in [4.78, 5) is 4.33. The van der Waals surface area contributed by atoms with E-state index in [0.29, 0.717) is 10.0 Å². The molecular formula is C13H8BrCl2N. The van der Waals surface area contributed by atoms with E-state index < -0.39 is 0 Å². The predicted octanol–water partition coefficient (Wildman–Crippen LogP) is 5.51. The van der Waals surface area contributed by atoms with E-state index >= 15 is 0 Å². The van der Waals surface area contributed by atoms with Crippen LogP contribution in [0.15, 0.2) is 51.9 Å². The highest BCUT2D eigenvalue weighted by molar-refractivity contribution is 9.10. The molecule has 2 aromatic carbocycles. The van der Waals surface area contributed by atoms with Crippen LogP contribution in [0.2, 0.25) is 10.0 Å². The van der Waals surface area contributed by atoms with Crippen LogP contribution in [0.5, 0.6) is 0 Å². The van der Waals surface area contributed by atoms with Gasteiger partial charge < -0.3 is 0 Å². The van der Waals surface area contributed by atoms with Gasteiger partial charge in [-0.25, -0.2) is 0 Å². The maximum atomic E-state index is 6.04. The molecule has 86 valence electrons. The second-order valence-electron chi connectivity index (χ2n) is 3.40. The molecule has 1 nitrogen and oxygen atoms in total. The van der Waals surface area contributed by atoms with Crippen molar-refractivity contribution in [1.82, 2.24) is 0 Å². The van der Waals surface area contributed by atoms with Crippen molar-refractivity contribution in [2.24, 2.45) is 4.99 Å². The first-order chi connectivity index (χ1) is 8.15. The number of benzene rings is 2. The first-order valence-corrected chi connectivity index (χ1v) is 6.45. The molecule has 17 heavy (non-hydrogen) atoms. The van der Waals surface area contributed by atoms with Gasteiger partial charge in [0, 0.05) is 21.3 Å². The zero-order chi connectivity index (χ0) is 12.3. The van der Waals surface area contributed by atoms with Crippen LogP contribution in [0.4, 0.5) is 5.69 Å². The second kappa shape index (κ2) is 5.67. The minimum absolute atomic E-state index is 0.596. The second-order valence-corrected chi connectivity index (χ2v) is 5.16. The van der Waals surface area contributed by atoms with Crippen molar-refractivity contribution in [3.8, 4) is 0 Å². The van der Waals surface area contributed by atoms with Gasteiger partial charge in [-0.1, -0.05) is 45.2 Å². The van der Waals surface area contributed by atoms with Crippen LogP contribution < -0.4 is 0 Å². The molecule has 2 rings (SSSR count). The van der Waals surface area contributed by atoms with E-state index in [-0.39, 0.29) is 0 Å². The van der Waals surface area contributed by atoms with Gasteiger partial charge >= 0.3 is 0 Å². The molecule has 0 spiro atoms. The quantitative estimate of drug-likeness (QED) is 0.645. The zero-order valence-corrected chi connectivity index (χ0v) is 11.8. The van der Waals surface area contributed by atoms with Crippen LogP contribution in [-0.4, -0.2) is 6.21 Å². The Bertz CT molecular complexity index is 550. The lowest BCUT2D eigenvalue weighted by Gasteiger charge is -1.98. The third kappa shape index (κ3) is 3.56. The summed E-state index contributed by atoms with van der Waals surface area (Å²) in [7, 11) is 0. The molecule has 0 saturated heterocycles. The maximum Gasteiger partial charge on any atom is 0.0630 e. The average Bonchev–Trinajstić information content (AvgIpc) is 2.30. The van der Waals surface area contributed by atoms with Crippen molar-refractivity contribution in [1.29, 1.82) is 0 Å². The largest absolute Gasteiger partial charge is 0.256 e. The molecule has 0 bridgehead atoms. The highest BCUT2D eigenvalue weighted by Gasteiger charge is 1.98. The highest BCUT2D eigenvalue weighted by atomic mass is 79.9. The fraction of sp³-hybridized carbons (Fsp3) is 0. The number of nitrogens with zero attached hydrogens (tertiary/aromatic N) is 1. The van der Waals surface area contributed by atoms with Crippen molar-refractivity contribution >= 4 is 51.0 Å². The SMILES string of the molecule is Clc1ccc(C=Nc2ccc(Br)cc2)c(Cl)c1. The summed E-state index contributed by atoms with van der Waals surface area (Å²) in [5, 5.41) is 1.22. The molecule has 0 saturated carbocycles. The Morgan fingerprint density at radius 1 is 1.00 bits per heavy atom. The Kier molecular flexibility index (Phi) is 4.21. The first kappa shape index (κ1) is 12.6. The molecule has 0 aliphatic rings. The monoisotopic (exact) mass is 327 g/mol. The summed E-state index contributed by atoms with van der Waals surface area (Å²) in [6.07, 6.45) is 1.72. The van der Waals surface area contributed by atoms with Gasteiger partial charge in [0.25, 0.3) is 0 Å². The molecule has 0 amide bonds. The normalized spacial score (nSPS) is 11.0. The van der Waals surface area contributed by atoms with E-state index in [1.165, 1.54) is 0 Å². The summed E-state index contributed by atoms with van der Waals surface area (Å²) in [6.45, 7) is 0. The molecule has 0 fully saturated rings. The number of aliphatic imine (C=N–C) groups is 1. The number of halogens is 3. The van der Waals surface area contributed by atoms with Gasteiger partial charge in [-0.2, -0.15) is 0 Å². The third-order valence-corrected chi connectivity index (χ3v) is 3.23. The van der Waals surface area contributed by atoms with E-state index in [9.17, 15) is 0 Å². The topological polar surface area (TPSA) is 12.4 Å². The lowest BCUT2D eigenvalue weighted by Crippen LogP contribution is -1.82. The van der Waals surface area contributed by atoms with Gasteiger partial charge in [-0.05, 0) is 36.4 Å². The molecule has 0 aliphatic carbocycles. The van der Waals surface area contributed by atoms with E-state index in [0.717, 1.165) is 15.7 Å². The molecule has 0 atom stereocenters. The maximum absolute atomic E-state index is 6.04. The minimum Gasteiger partial charge on any atom is -0.256 e. The molecular weight excluding hydrogens is 321 g/mol. The standard InChI is InChI=1S/C13H8BrCl2N/c14-10-2-5-12(6-3-10)17-8-9-1-4-11(15)7-13(9)16/h1-8H. The zero-order valence-electron chi connectivity index (χ0n) is 8.70. The first-order valence-electron chi connectivity index (χ1n) is 4.90. The molecule has 0 N–H and O–H groups in total. The van der Waals surface area contributed by atoms with Crippen molar-refractivity contribution in [2.45, 2.75) is 0 Å². The Labute approximate surface area is 118 Å². The van der Waals surface area contributed by atoms with Gasteiger partial charge in [0.15, 0.2) is 0 Å². The van der Waals surface area contributed by atoms with Crippen molar-refractivity contribution in [3.05, 3.63) is 62.5 Å². The van der Waals surface area contributed by atoms with Crippen LogP contribution in [0, 0.1) is 0 Å². The van der Waals surface area contributed by atoms with Gasteiger partial charge in [-0.3, -0.25) is 4.99 Å². The Balaban J connectivity index is 2.23. The molecule has 2 aromatic rings. The molecule has 0 unspecified atom stereocenters. The van der Waals surface area contributed by atoms with Crippen LogP contribution >= 0.6 is 39.1 Å². The van der Waals surface area contributed by atoms with Crippen molar-refractivity contribution in [2.75, 3.05) is 0 Å². The van der Waals surface area contributed by atoms with E-state index in [4.69, 9.17) is 23.2 Å². The summed E-state index contributed by atoms with van der Waals surface area (Å²) in [5.74, 6) is 0. The number of hydrogen-bond donors (Lipinski definition) is 0. The number of rotatable bonds is 2. The third-order valence-electron chi connectivity index (χ3n) is 2.14. The van der Waals surface area contributed by atoms with Crippen LogP contribution in [0.25, 0.3) is 0 Å². The minimum atomic E-state index is 0.596. The van der Waals surface area contributed by atoms with Crippen molar-refractivity contribution in [3.63, 3.8) is 0 Å². The predicted molar refractivity (Wildman–Crippen MR) is 77.9 cm³/mol. The lowest BCUT2D eigenvalue weighted by molar-refractivity contribution is 1.51. The van der Waals surface area contributed by atoms with E-state index in [1.807, 2.05) is 30.3 Å². The van der Waals surface area contributed by atoms with Crippen LogP contribution in [0.1, 0.15) is 5.56 Å². The Morgan fingerprint density at radius 3 is 2.35 bits per heavy atom. The molecule has 4 heteroatoms. The Hall–Kier alpha value is -0.830. The molecule has 0 aromatic heterocycles. The highest BCUT2D eigenvalue weighted by Crippen LogP contribution is 2.21. The van der Waals surface area contributed by atoms with E-state index in [2.05, 4.69) is 20.9 Å². The van der Waals surface area contributed by atoms with E-state index in [1.54, 1.807) is 18.3 Å². The molecule has 0 aliphatic heterocycles. The number of hydrogen-bond acceptors (Lipinski definition) is 1. The molecule has 0 radical (unpaired) electrons. The van der Waals surface area contributed by atoms with Gasteiger partial charge in [-0.15, -0.1) is 0 Å². The van der Waals surface area contributed by atoms with Crippen LogP contribution in [0.3, 0.4) is 0 Å². The molecule has 0 heterocycles. The fourth-order valence-electron chi connectivity index (χ4n) is 1.28.